The highest BCUT2D eigenvalue weighted by Gasteiger charge is 2.33. The number of Topliss-reactive ketones (excluding diaryl/α,β-unsaturated/α-hetero) is 1. The second-order valence-electron chi connectivity index (χ2n) is 2.40. The summed E-state index contributed by atoms with van der Waals surface area (Å²) in [6, 6.07) is 0. The molecule has 0 bridgehead atoms. The van der Waals surface area contributed by atoms with Gasteiger partial charge in [-0.15, -0.1) is 0 Å². The third kappa shape index (κ3) is 1.44. The minimum atomic E-state index is -0.646. The molecule has 0 aliphatic carbocycles. The van der Waals surface area contributed by atoms with Crippen LogP contribution in [0, 0.1) is 5.92 Å². The molecule has 1 unspecified atom stereocenters. The van der Waals surface area contributed by atoms with Crippen LogP contribution in [-0.2, 0) is 19.2 Å². The second kappa shape index (κ2) is 3.34. The van der Waals surface area contributed by atoms with Gasteiger partial charge in [-0.05, 0) is 0 Å². The Hall–Kier alpha value is -1.39. The summed E-state index contributed by atoms with van der Waals surface area (Å²) < 4.78 is 4.46. The molecule has 0 amide bonds. The summed E-state index contributed by atoms with van der Waals surface area (Å²) in [5.74, 6) is -1.39. The number of methoxy groups -OCH3 is 1. The van der Waals surface area contributed by atoms with Gasteiger partial charge in [0.1, 0.15) is 18.2 Å². The number of ketones is 1. The molecule has 1 heterocycles. The highest BCUT2D eigenvalue weighted by atomic mass is 16.6. The highest BCUT2D eigenvalue weighted by molar-refractivity contribution is 6.43. The van der Waals surface area contributed by atoms with Gasteiger partial charge in [0.05, 0.1) is 7.11 Å². The fraction of sp³-hybridized carbons (Fsp3) is 0.571. The average molecular weight is 171 g/mol. The largest absolute Gasteiger partial charge is 0.468 e. The summed E-state index contributed by atoms with van der Waals surface area (Å²) in [6.45, 7) is 1.44. The first kappa shape index (κ1) is 8.70. The van der Waals surface area contributed by atoms with Crippen LogP contribution in [-0.4, -0.2) is 31.2 Å². The average Bonchev–Trinajstić information content (AvgIpc) is 2.50. The number of carbonyl (C=O) groups is 2. The fourth-order valence-corrected chi connectivity index (χ4v) is 0.955. The number of oxime groups is 1. The SMILES string of the molecule is COC(=O)C1CON=C1C(C)=O. The van der Waals surface area contributed by atoms with E-state index in [2.05, 4.69) is 14.7 Å². The minimum Gasteiger partial charge on any atom is -0.468 e. The van der Waals surface area contributed by atoms with E-state index in [0.29, 0.717) is 0 Å². The predicted molar refractivity (Wildman–Crippen MR) is 39.6 cm³/mol. The van der Waals surface area contributed by atoms with Gasteiger partial charge < -0.3 is 9.57 Å². The van der Waals surface area contributed by atoms with Crippen LogP contribution in [0.25, 0.3) is 0 Å². The molecule has 0 radical (unpaired) electrons. The van der Waals surface area contributed by atoms with Gasteiger partial charge >= 0.3 is 5.97 Å². The Balaban J connectivity index is 2.74. The van der Waals surface area contributed by atoms with Gasteiger partial charge in [-0.1, -0.05) is 5.16 Å². The van der Waals surface area contributed by atoms with Gasteiger partial charge in [0.25, 0.3) is 0 Å². The Morgan fingerprint density at radius 3 is 2.83 bits per heavy atom. The number of esters is 1. The number of hydrogen-bond acceptors (Lipinski definition) is 5. The van der Waals surface area contributed by atoms with Crippen molar-refractivity contribution < 1.29 is 19.2 Å². The van der Waals surface area contributed by atoms with Crippen molar-refractivity contribution in [3.05, 3.63) is 0 Å². The van der Waals surface area contributed by atoms with Gasteiger partial charge in [0, 0.05) is 6.92 Å². The molecule has 1 atom stereocenters. The van der Waals surface area contributed by atoms with Gasteiger partial charge in [0.15, 0.2) is 5.78 Å². The molecule has 0 fully saturated rings. The van der Waals surface area contributed by atoms with Crippen molar-refractivity contribution >= 4 is 17.5 Å². The molecule has 0 saturated heterocycles. The lowest BCUT2D eigenvalue weighted by Crippen LogP contribution is -2.28. The molecule has 0 aromatic rings. The normalized spacial score (nSPS) is 21.2. The maximum Gasteiger partial charge on any atom is 0.318 e. The lowest BCUT2D eigenvalue weighted by atomic mass is 10.0. The second-order valence-corrected chi connectivity index (χ2v) is 2.40. The Labute approximate surface area is 69.3 Å². The molecular weight excluding hydrogens is 162 g/mol. The summed E-state index contributed by atoms with van der Waals surface area (Å²) in [6.07, 6.45) is 0. The Morgan fingerprint density at radius 1 is 1.67 bits per heavy atom. The standard InChI is InChI=1S/C7H9NO4/c1-4(9)6-5(3-12-8-6)7(10)11-2/h5H,3H2,1-2H3. The molecule has 1 rings (SSSR count). The van der Waals surface area contributed by atoms with Crippen LogP contribution in [0.3, 0.4) is 0 Å². The van der Waals surface area contributed by atoms with E-state index in [0.717, 1.165) is 0 Å². The molecule has 0 saturated carbocycles. The van der Waals surface area contributed by atoms with Crippen molar-refractivity contribution in [3.63, 3.8) is 0 Å². The first-order chi connectivity index (χ1) is 5.66. The fourth-order valence-electron chi connectivity index (χ4n) is 0.955. The van der Waals surface area contributed by atoms with E-state index >= 15 is 0 Å². The third-order valence-electron chi connectivity index (χ3n) is 1.58. The molecule has 5 nitrogen and oxygen atoms in total. The molecule has 5 heteroatoms. The lowest BCUT2D eigenvalue weighted by molar-refractivity contribution is -0.144. The summed E-state index contributed by atoms with van der Waals surface area (Å²) in [4.78, 5) is 26.5. The zero-order chi connectivity index (χ0) is 9.14. The van der Waals surface area contributed by atoms with E-state index in [1.54, 1.807) is 0 Å². The molecule has 0 spiro atoms. The topological polar surface area (TPSA) is 65.0 Å². The molecule has 0 aromatic heterocycles. The zero-order valence-corrected chi connectivity index (χ0v) is 6.86. The minimum absolute atomic E-state index is 0.0988. The van der Waals surface area contributed by atoms with Gasteiger partial charge in [-0.25, -0.2) is 0 Å². The van der Waals surface area contributed by atoms with Crippen molar-refractivity contribution in [2.45, 2.75) is 6.92 Å². The molecule has 0 N–H and O–H groups in total. The van der Waals surface area contributed by atoms with Crippen LogP contribution >= 0.6 is 0 Å². The van der Waals surface area contributed by atoms with E-state index in [9.17, 15) is 9.59 Å². The maximum absolute atomic E-state index is 11.0. The van der Waals surface area contributed by atoms with Crippen molar-refractivity contribution in [1.82, 2.24) is 0 Å². The van der Waals surface area contributed by atoms with Crippen molar-refractivity contribution in [1.29, 1.82) is 0 Å². The number of nitrogens with zero attached hydrogens (tertiary/aromatic N) is 1. The van der Waals surface area contributed by atoms with E-state index in [1.807, 2.05) is 0 Å². The quantitative estimate of drug-likeness (QED) is 0.537. The summed E-state index contributed by atoms with van der Waals surface area (Å²) in [5, 5.41) is 3.45. The van der Waals surface area contributed by atoms with Crippen LogP contribution in [0.4, 0.5) is 0 Å². The van der Waals surface area contributed by atoms with Gasteiger partial charge in [-0.2, -0.15) is 0 Å². The third-order valence-corrected chi connectivity index (χ3v) is 1.58. The lowest BCUT2D eigenvalue weighted by Gasteiger charge is -2.04. The summed E-state index contributed by atoms with van der Waals surface area (Å²) in [5.41, 5.74) is 0.141. The number of rotatable bonds is 2. The van der Waals surface area contributed by atoms with E-state index in [-0.39, 0.29) is 18.1 Å². The van der Waals surface area contributed by atoms with Gasteiger partial charge in [0.2, 0.25) is 0 Å². The number of hydrogen-bond donors (Lipinski definition) is 0. The molecule has 66 valence electrons. The number of ether oxygens (including phenoxy) is 1. The molecule has 0 aromatic carbocycles. The van der Waals surface area contributed by atoms with Crippen LogP contribution in [0.15, 0.2) is 5.16 Å². The van der Waals surface area contributed by atoms with Crippen LogP contribution in [0.2, 0.25) is 0 Å². The van der Waals surface area contributed by atoms with Crippen LogP contribution < -0.4 is 0 Å². The van der Waals surface area contributed by atoms with Gasteiger partial charge in [-0.3, -0.25) is 9.59 Å². The highest BCUT2D eigenvalue weighted by Crippen LogP contribution is 2.12. The molecule has 1 aliphatic heterocycles. The Bertz CT molecular complexity index is 246. The molecule has 12 heavy (non-hydrogen) atoms. The van der Waals surface area contributed by atoms with E-state index in [1.165, 1.54) is 14.0 Å². The van der Waals surface area contributed by atoms with E-state index < -0.39 is 11.9 Å². The molecule has 1 aliphatic rings. The summed E-state index contributed by atoms with van der Waals surface area (Å²) >= 11 is 0. The number of carbonyl (C=O) groups excluding carboxylic acids is 2. The smallest absolute Gasteiger partial charge is 0.318 e. The summed E-state index contributed by atoms with van der Waals surface area (Å²) in [7, 11) is 1.26. The van der Waals surface area contributed by atoms with Crippen molar-refractivity contribution in [2.24, 2.45) is 11.1 Å². The Morgan fingerprint density at radius 2 is 2.33 bits per heavy atom. The van der Waals surface area contributed by atoms with Crippen molar-refractivity contribution in [3.8, 4) is 0 Å². The maximum atomic E-state index is 11.0. The first-order valence-electron chi connectivity index (χ1n) is 3.45. The van der Waals surface area contributed by atoms with Crippen LogP contribution in [0.5, 0.6) is 0 Å². The van der Waals surface area contributed by atoms with Crippen molar-refractivity contribution in [2.75, 3.05) is 13.7 Å². The zero-order valence-electron chi connectivity index (χ0n) is 6.86. The van der Waals surface area contributed by atoms with E-state index in [4.69, 9.17) is 0 Å². The molecular formula is C7H9NO4. The Kier molecular flexibility index (Phi) is 2.42. The monoisotopic (exact) mass is 171 g/mol. The predicted octanol–water partition coefficient (Wildman–Crippen LogP) is -0.249. The van der Waals surface area contributed by atoms with Crippen LogP contribution in [0.1, 0.15) is 6.92 Å². The first-order valence-corrected chi connectivity index (χ1v) is 3.45.